The Balaban J connectivity index is 1.61. The highest BCUT2D eigenvalue weighted by Crippen LogP contribution is 2.36. The maximum absolute atomic E-state index is 14.5. The third kappa shape index (κ3) is 7.17. The molecule has 0 radical (unpaired) electrons. The van der Waals surface area contributed by atoms with E-state index in [0.29, 0.717) is 12.1 Å². The molecule has 208 valence electrons. The number of hydrogen-bond donors (Lipinski definition) is 2. The average Bonchev–Trinajstić information content (AvgIpc) is 3.29. The molecule has 0 aliphatic carbocycles. The molecule has 0 saturated carbocycles. The highest BCUT2D eigenvalue weighted by Gasteiger charge is 2.34. The zero-order chi connectivity index (χ0) is 29.1. The zero-order valence-corrected chi connectivity index (χ0v) is 23.0. The van der Waals surface area contributed by atoms with Gasteiger partial charge >= 0.3 is 11.4 Å². The molecule has 0 saturated heterocycles. The fourth-order valence-corrected chi connectivity index (χ4v) is 4.75. The van der Waals surface area contributed by atoms with Crippen molar-refractivity contribution < 1.29 is 31.5 Å². The molecule has 0 fully saturated rings. The van der Waals surface area contributed by atoms with E-state index in [1.807, 2.05) is 5.32 Å². The van der Waals surface area contributed by atoms with Crippen LogP contribution in [0.2, 0.25) is 5.02 Å². The lowest BCUT2D eigenvalue weighted by Gasteiger charge is -2.18. The molecule has 40 heavy (non-hydrogen) atoms. The summed E-state index contributed by atoms with van der Waals surface area (Å²) in [5.74, 6) is -2.04. The average molecular weight is 661 g/mol. The molecule has 0 bridgehead atoms. The minimum Gasteiger partial charge on any atom is -0.345 e. The van der Waals surface area contributed by atoms with Crippen LogP contribution in [0.5, 0.6) is 0 Å². The van der Waals surface area contributed by atoms with E-state index in [1.165, 1.54) is 30.5 Å². The quantitative estimate of drug-likeness (QED) is 0.156. The van der Waals surface area contributed by atoms with Crippen molar-refractivity contribution in [3.8, 4) is 5.82 Å². The molecule has 4 aromatic rings. The van der Waals surface area contributed by atoms with Crippen molar-refractivity contribution in [1.29, 1.82) is 0 Å². The first-order chi connectivity index (χ1) is 18.8. The number of rotatable bonds is 8. The Morgan fingerprint density at radius 1 is 0.975 bits per heavy atom. The second-order valence-electron chi connectivity index (χ2n) is 8.02. The Bertz CT molecular complexity index is 1550. The van der Waals surface area contributed by atoms with Gasteiger partial charge in [0.1, 0.15) is 10.3 Å². The van der Waals surface area contributed by atoms with Crippen molar-refractivity contribution in [2.75, 3.05) is 11.9 Å². The Hall–Kier alpha value is -3.49. The summed E-state index contributed by atoms with van der Waals surface area (Å²) in [4.78, 5) is 30.3. The van der Waals surface area contributed by atoms with Gasteiger partial charge in [-0.3, -0.25) is 9.59 Å². The maximum Gasteiger partial charge on any atom is 0.416 e. The highest BCUT2D eigenvalue weighted by atomic mass is 79.9. The number of carbonyl (C=O) groups is 2. The summed E-state index contributed by atoms with van der Waals surface area (Å²) in [6, 6.07) is 13.9. The van der Waals surface area contributed by atoms with E-state index in [1.54, 1.807) is 24.3 Å². The van der Waals surface area contributed by atoms with Gasteiger partial charge < -0.3 is 10.6 Å². The fraction of sp³-hybridized carbons (Fsp3) is 0.120. The molecule has 2 amide bonds. The number of halogens is 7. The molecule has 0 spiro atoms. The van der Waals surface area contributed by atoms with Gasteiger partial charge in [0.15, 0.2) is 5.82 Å². The van der Waals surface area contributed by atoms with Gasteiger partial charge in [-0.1, -0.05) is 41.6 Å². The Labute approximate surface area is 241 Å². The van der Waals surface area contributed by atoms with Crippen LogP contribution in [0.3, 0.4) is 0 Å². The normalized spacial score (nSPS) is 11.8. The van der Waals surface area contributed by atoms with Crippen LogP contribution in [0.1, 0.15) is 26.4 Å². The van der Waals surface area contributed by atoms with Crippen LogP contribution in [0.4, 0.5) is 27.6 Å². The Kier molecular flexibility index (Phi) is 8.80. The summed E-state index contributed by atoms with van der Waals surface area (Å²) in [5.41, 5.74) is -2.40. The van der Waals surface area contributed by atoms with E-state index in [0.717, 1.165) is 10.7 Å². The van der Waals surface area contributed by atoms with E-state index in [2.05, 4.69) is 31.3 Å². The van der Waals surface area contributed by atoms with Crippen LogP contribution in [-0.4, -0.2) is 38.4 Å². The van der Waals surface area contributed by atoms with E-state index >= 15 is 0 Å². The van der Waals surface area contributed by atoms with Crippen molar-refractivity contribution >= 4 is 56.8 Å². The number of nitrogens with zero attached hydrogens (tertiary/aromatic N) is 3. The van der Waals surface area contributed by atoms with Gasteiger partial charge in [-0.15, -0.1) is 0 Å². The monoisotopic (exact) mass is 659 g/mol. The predicted molar refractivity (Wildman–Crippen MR) is 143 cm³/mol. The minimum atomic E-state index is -4.82. The molecule has 0 unspecified atom stereocenters. The summed E-state index contributed by atoms with van der Waals surface area (Å²) in [7, 11) is 0. The van der Waals surface area contributed by atoms with Gasteiger partial charge in [0.05, 0.1) is 28.4 Å². The molecule has 2 aromatic carbocycles. The number of amides is 2. The number of alkyl halides is 5. The first-order valence-corrected chi connectivity index (χ1v) is 13.1. The van der Waals surface area contributed by atoms with E-state index in [9.17, 15) is 31.5 Å². The standard InChI is InChI=1S/C25H16BrClF5N5O2S/c26-20-12-19(37(36-20)21-17(27)7-4-10-33-21)23(39)35-18-11-14(25(30,31)32)8-9-16(18)22(38)34-13-24(28,29)40-15-5-2-1-3-6-15/h1-12H,13H2,(H,34,38)(H,35,39). The van der Waals surface area contributed by atoms with Crippen LogP contribution in [0, 0.1) is 0 Å². The first-order valence-electron chi connectivity index (χ1n) is 11.1. The number of nitrogens with one attached hydrogen (secondary N) is 2. The van der Waals surface area contributed by atoms with E-state index in [4.69, 9.17) is 11.6 Å². The van der Waals surface area contributed by atoms with Crippen molar-refractivity contribution in [2.24, 2.45) is 0 Å². The first kappa shape index (κ1) is 29.5. The van der Waals surface area contributed by atoms with Gasteiger partial charge in [0, 0.05) is 17.2 Å². The van der Waals surface area contributed by atoms with Crippen molar-refractivity contribution in [2.45, 2.75) is 16.3 Å². The molecule has 4 rings (SSSR count). The molecule has 0 atom stereocenters. The smallest absolute Gasteiger partial charge is 0.345 e. The topological polar surface area (TPSA) is 88.9 Å². The Morgan fingerprint density at radius 3 is 2.38 bits per heavy atom. The van der Waals surface area contributed by atoms with Crippen LogP contribution >= 0.6 is 39.3 Å². The molecule has 7 nitrogen and oxygen atoms in total. The third-order valence-corrected chi connectivity index (χ3v) is 6.79. The summed E-state index contributed by atoms with van der Waals surface area (Å²) >= 11 is 9.49. The van der Waals surface area contributed by atoms with Gasteiger partial charge in [-0.2, -0.15) is 27.1 Å². The van der Waals surface area contributed by atoms with Gasteiger partial charge in [-0.25, -0.2) is 9.67 Å². The largest absolute Gasteiger partial charge is 0.416 e. The summed E-state index contributed by atoms with van der Waals surface area (Å²) in [6.45, 7) is -1.13. The summed E-state index contributed by atoms with van der Waals surface area (Å²) in [5, 5.41) is 5.06. The lowest BCUT2D eigenvalue weighted by atomic mass is 10.1. The number of pyridine rings is 1. The SMILES string of the molecule is O=C(NCC(F)(F)Sc1ccccc1)c1ccc(C(F)(F)F)cc1NC(=O)c1cc(Br)nn1-c1ncccc1Cl. The number of anilines is 1. The molecule has 0 aliphatic heterocycles. The number of carbonyl (C=O) groups excluding carboxylic acids is 2. The van der Waals surface area contributed by atoms with Gasteiger partial charge in [0.2, 0.25) is 0 Å². The second-order valence-corrected chi connectivity index (χ2v) is 10.5. The van der Waals surface area contributed by atoms with Crippen LogP contribution in [0.25, 0.3) is 5.82 Å². The summed E-state index contributed by atoms with van der Waals surface area (Å²) < 4.78 is 70.5. The molecule has 2 N–H and O–H groups in total. The van der Waals surface area contributed by atoms with Crippen molar-refractivity contribution in [1.82, 2.24) is 20.1 Å². The van der Waals surface area contributed by atoms with Gasteiger partial charge in [0.25, 0.3) is 11.8 Å². The maximum atomic E-state index is 14.5. The van der Waals surface area contributed by atoms with Crippen molar-refractivity contribution in [3.63, 3.8) is 0 Å². The molecule has 0 aliphatic rings. The molecule has 15 heteroatoms. The number of aromatic nitrogens is 3. The predicted octanol–water partition coefficient (Wildman–Crippen LogP) is 7.07. The van der Waals surface area contributed by atoms with Gasteiger partial charge in [-0.05, 0) is 58.4 Å². The van der Waals surface area contributed by atoms with Crippen LogP contribution < -0.4 is 10.6 Å². The lowest BCUT2D eigenvalue weighted by Crippen LogP contribution is -2.35. The van der Waals surface area contributed by atoms with E-state index < -0.39 is 46.6 Å². The number of hydrogen-bond acceptors (Lipinski definition) is 5. The number of benzene rings is 2. The molecule has 2 aromatic heterocycles. The lowest BCUT2D eigenvalue weighted by molar-refractivity contribution is -0.137. The highest BCUT2D eigenvalue weighted by molar-refractivity contribution is 9.10. The molecule has 2 heterocycles. The second kappa shape index (κ2) is 11.9. The number of thioether (sulfide) groups is 1. The molecular weight excluding hydrogens is 645 g/mol. The van der Waals surface area contributed by atoms with Crippen LogP contribution in [-0.2, 0) is 6.18 Å². The minimum absolute atomic E-state index is 0.0557. The molecular formula is C25H16BrClF5N5O2S. The van der Waals surface area contributed by atoms with Crippen LogP contribution in [0.15, 0.2) is 82.4 Å². The van der Waals surface area contributed by atoms with Crippen molar-refractivity contribution in [3.05, 3.63) is 99.4 Å². The fourth-order valence-electron chi connectivity index (χ4n) is 3.39. The third-order valence-electron chi connectivity index (χ3n) is 5.16. The van der Waals surface area contributed by atoms with E-state index in [-0.39, 0.29) is 37.8 Å². The Morgan fingerprint density at radius 2 is 1.70 bits per heavy atom. The summed E-state index contributed by atoms with van der Waals surface area (Å²) in [6.07, 6.45) is -3.43. The zero-order valence-electron chi connectivity index (χ0n) is 19.8.